The van der Waals surface area contributed by atoms with Crippen LogP contribution in [0.15, 0.2) is 12.2 Å². The van der Waals surface area contributed by atoms with E-state index in [1.807, 2.05) is 13.8 Å². The van der Waals surface area contributed by atoms with Crippen LogP contribution in [0.5, 0.6) is 0 Å². The minimum absolute atomic E-state index is 0.00230. The predicted molar refractivity (Wildman–Crippen MR) is 83.2 cm³/mol. The molecule has 0 amide bonds. The van der Waals surface area contributed by atoms with E-state index in [4.69, 9.17) is 18.9 Å². The molecule has 6 heteroatoms. The molecule has 4 rings (SSSR count). The van der Waals surface area contributed by atoms with Crippen molar-refractivity contribution in [3.05, 3.63) is 12.2 Å². The van der Waals surface area contributed by atoms with Gasteiger partial charge < -0.3 is 18.9 Å². The number of rotatable bonds is 4. The number of epoxide rings is 2. The number of fused-ring (bicyclic) bond motifs is 2. The molecule has 2 aliphatic carbocycles. The fourth-order valence-corrected chi connectivity index (χ4v) is 4.22. The van der Waals surface area contributed by atoms with Crippen molar-refractivity contribution in [2.24, 2.45) is 0 Å². The summed E-state index contributed by atoms with van der Waals surface area (Å²) in [5.41, 5.74) is -0.243. The van der Waals surface area contributed by atoms with Crippen molar-refractivity contribution in [3.63, 3.8) is 0 Å². The molecule has 0 N–H and O–H groups in total. The Labute approximate surface area is 141 Å². The second kappa shape index (κ2) is 5.56. The van der Waals surface area contributed by atoms with Crippen LogP contribution in [0.25, 0.3) is 0 Å². The van der Waals surface area contributed by atoms with Gasteiger partial charge in [-0.2, -0.15) is 0 Å². The van der Waals surface area contributed by atoms with E-state index in [9.17, 15) is 9.59 Å². The molecule has 0 aromatic carbocycles. The molecule has 24 heavy (non-hydrogen) atoms. The molecule has 2 saturated carbocycles. The molecule has 6 atom stereocenters. The van der Waals surface area contributed by atoms with Gasteiger partial charge in [-0.25, -0.2) is 9.59 Å². The van der Waals surface area contributed by atoms with Crippen molar-refractivity contribution < 1.29 is 28.5 Å². The maximum absolute atomic E-state index is 11.9. The zero-order valence-corrected chi connectivity index (χ0v) is 14.2. The second-order valence-electron chi connectivity index (χ2n) is 7.77. The minimum atomic E-state index is -0.521. The summed E-state index contributed by atoms with van der Waals surface area (Å²) in [6.45, 7) is 4.09. The highest BCUT2D eigenvalue weighted by Gasteiger charge is 2.60. The van der Waals surface area contributed by atoms with Gasteiger partial charge in [0, 0.05) is 12.2 Å². The maximum Gasteiger partial charge on any atom is 0.331 e. The molecule has 132 valence electrons. The number of carbonyl (C=O) groups excluding carboxylic acids is 2. The van der Waals surface area contributed by atoms with Crippen LogP contribution >= 0.6 is 0 Å². The van der Waals surface area contributed by atoms with Crippen molar-refractivity contribution in [2.45, 2.75) is 88.0 Å². The van der Waals surface area contributed by atoms with Crippen LogP contribution in [0, 0.1) is 0 Å². The van der Waals surface area contributed by atoms with Gasteiger partial charge in [-0.05, 0) is 52.4 Å². The number of esters is 2. The lowest BCUT2D eigenvalue weighted by atomic mass is 9.88. The summed E-state index contributed by atoms with van der Waals surface area (Å²) in [6, 6.07) is 0. The summed E-state index contributed by atoms with van der Waals surface area (Å²) < 4.78 is 22.1. The molecule has 0 aromatic rings. The van der Waals surface area contributed by atoms with E-state index in [0.29, 0.717) is 0 Å². The Kier molecular flexibility index (Phi) is 3.73. The highest BCUT2D eigenvalue weighted by Crippen LogP contribution is 2.49. The molecule has 4 fully saturated rings. The van der Waals surface area contributed by atoms with Gasteiger partial charge in [0.15, 0.2) is 0 Å². The van der Waals surface area contributed by atoms with E-state index in [1.165, 1.54) is 0 Å². The lowest BCUT2D eigenvalue weighted by molar-refractivity contribution is -0.147. The molecule has 2 heterocycles. The second-order valence-corrected chi connectivity index (χ2v) is 7.77. The van der Waals surface area contributed by atoms with E-state index < -0.39 is 11.9 Å². The summed E-state index contributed by atoms with van der Waals surface area (Å²) in [7, 11) is 0. The standard InChI is InChI=1S/C18H24O6/c1-17-9-3-5-11(15(17)23-17)21-13(19)7-8-14(20)22-12-6-4-10-18(2)16(12)24-18/h7-8,11-12,15-16H,3-6,9-10H2,1-2H3. The van der Waals surface area contributed by atoms with Crippen molar-refractivity contribution in [1.29, 1.82) is 0 Å². The largest absolute Gasteiger partial charge is 0.456 e. The third kappa shape index (κ3) is 2.97. The molecule has 2 aliphatic heterocycles. The highest BCUT2D eigenvalue weighted by molar-refractivity contribution is 5.91. The van der Waals surface area contributed by atoms with E-state index in [1.54, 1.807) is 0 Å². The topological polar surface area (TPSA) is 77.7 Å². The van der Waals surface area contributed by atoms with Crippen LogP contribution in [-0.2, 0) is 28.5 Å². The normalized spacial score (nSPS) is 45.9. The lowest BCUT2D eigenvalue weighted by Crippen LogP contribution is -2.32. The predicted octanol–water partition coefficient (Wildman–Crippen LogP) is 2.05. The highest BCUT2D eigenvalue weighted by atomic mass is 16.7. The summed E-state index contributed by atoms with van der Waals surface area (Å²) in [5.74, 6) is -1.04. The van der Waals surface area contributed by atoms with Gasteiger partial charge in [0.05, 0.1) is 11.2 Å². The average molecular weight is 336 g/mol. The Hall–Kier alpha value is -1.40. The van der Waals surface area contributed by atoms with E-state index in [0.717, 1.165) is 50.7 Å². The first-order valence-corrected chi connectivity index (χ1v) is 8.85. The van der Waals surface area contributed by atoms with Crippen molar-refractivity contribution in [2.75, 3.05) is 0 Å². The Morgan fingerprint density at radius 2 is 1.29 bits per heavy atom. The fourth-order valence-electron chi connectivity index (χ4n) is 4.22. The Morgan fingerprint density at radius 1 is 0.875 bits per heavy atom. The van der Waals surface area contributed by atoms with Crippen LogP contribution in [0.4, 0.5) is 0 Å². The smallest absolute Gasteiger partial charge is 0.331 e. The van der Waals surface area contributed by atoms with E-state index >= 15 is 0 Å². The molecule has 0 spiro atoms. The first-order chi connectivity index (χ1) is 11.4. The summed E-state index contributed by atoms with van der Waals surface area (Å²) >= 11 is 0. The van der Waals surface area contributed by atoms with Gasteiger partial charge in [-0.1, -0.05) is 0 Å². The van der Waals surface area contributed by atoms with Gasteiger partial charge >= 0.3 is 11.9 Å². The zero-order valence-electron chi connectivity index (χ0n) is 14.2. The third-order valence-electron chi connectivity index (χ3n) is 5.77. The van der Waals surface area contributed by atoms with Crippen LogP contribution in [0.3, 0.4) is 0 Å². The summed E-state index contributed by atoms with van der Waals surface area (Å²) in [6.07, 6.45) is 7.48. The minimum Gasteiger partial charge on any atom is -0.456 e. The number of ether oxygens (including phenoxy) is 4. The first-order valence-electron chi connectivity index (χ1n) is 8.85. The monoisotopic (exact) mass is 336 g/mol. The van der Waals surface area contributed by atoms with Crippen LogP contribution in [-0.4, -0.2) is 47.6 Å². The number of hydrogen-bond donors (Lipinski definition) is 0. The molecule has 0 bridgehead atoms. The molecule has 0 aromatic heterocycles. The van der Waals surface area contributed by atoms with E-state index in [2.05, 4.69) is 0 Å². The summed E-state index contributed by atoms with van der Waals surface area (Å²) in [4.78, 5) is 23.8. The van der Waals surface area contributed by atoms with Crippen molar-refractivity contribution in [1.82, 2.24) is 0 Å². The van der Waals surface area contributed by atoms with Crippen LogP contribution in [0.2, 0.25) is 0 Å². The van der Waals surface area contributed by atoms with Crippen molar-refractivity contribution in [3.8, 4) is 0 Å². The summed E-state index contributed by atoms with van der Waals surface area (Å²) in [5, 5.41) is 0. The fraction of sp³-hybridized carbons (Fsp3) is 0.778. The Bertz CT molecular complexity index is 536. The van der Waals surface area contributed by atoms with Gasteiger partial charge in [0.25, 0.3) is 0 Å². The van der Waals surface area contributed by atoms with E-state index in [-0.39, 0.29) is 35.6 Å². The van der Waals surface area contributed by atoms with Gasteiger partial charge in [0.1, 0.15) is 24.4 Å². The van der Waals surface area contributed by atoms with Gasteiger partial charge in [0.2, 0.25) is 0 Å². The van der Waals surface area contributed by atoms with Crippen molar-refractivity contribution >= 4 is 11.9 Å². The Morgan fingerprint density at radius 3 is 1.71 bits per heavy atom. The molecule has 6 unspecified atom stereocenters. The molecule has 0 radical (unpaired) electrons. The molecule has 4 aliphatic rings. The lowest BCUT2D eigenvalue weighted by Gasteiger charge is -2.21. The van der Waals surface area contributed by atoms with Gasteiger partial charge in [-0.15, -0.1) is 0 Å². The zero-order chi connectivity index (χ0) is 16.9. The van der Waals surface area contributed by atoms with Crippen LogP contribution < -0.4 is 0 Å². The van der Waals surface area contributed by atoms with Gasteiger partial charge in [-0.3, -0.25) is 0 Å². The Balaban J connectivity index is 1.24. The molecular formula is C18H24O6. The van der Waals surface area contributed by atoms with Crippen LogP contribution in [0.1, 0.15) is 52.4 Å². The molecule has 6 nitrogen and oxygen atoms in total. The SMILES string of the molecule is CC12CCCC(OC(=O)C=CC(=O)OC3CCCC4(C)OC34)C1O2. The number of carbonyl (C=O) groups is 2. The first kappa shape index (κ1) is 16.1. The molecule has 2 saturated heterocycles. The third-order valence-corrected chi connectivity index (χ3v) is 5.77. The maximum atomic E-state index is 11.9. The molecular weight excluding hydrogens is 312 g/mol. The number of hydrogen-bond acceptors (Lipinski definition) is 6. The average Bonchev–Trinajstić information content (AvgIpc) is 3.39. The quantitative estimate of drug-likeness (QED) is 0.444.